The van der Waals surface area contributed by atoms with Crippen LogP contribution in [-0.4, -0.2) is 38.4 Å². The molecule has 2 fully saturated rings. The van der Waals surface area contributed by atoms with E-state index in [-0.39, 0.29) is 0 Å². The molecule has 5 heteroatoms. The highest BCUT2D eigenvalue weighted by molar-refractivity contribution is 7.89. The van der Waals surface area contributed by atoms with E-state index in [4.69, 9.17) is 0 Å². The zero-order chi connectivity index (χ0) is 14.2. The summed E-state index contributed by atoms with van der Waals surface area (Å²) in [5.41, 5.74) is 1.17. The summed E-state index contributed by atoms with van der Waals surface area (Å²) in [6.45, 7) is 4.36. The van der Waals surface area contributed by atoms with Gasteiger partial charge in [0.1, 0.15) is 0 Å². The highest BCUT2D eigenvalue weighted by atomic mass is 32.2. The fraction of sp³-hybridized carbons (Fsp3) is 0.600. The van der Waals surface area contributed by atoms with Gasteiger partial charge in [-0.05, 0) is 49.4 Å². The summed E-state index contributed by atoms with van der Waals surface area (Å²) in [7, 11) is -3.33. The van der Waals surface area contributed by atoms with Crippen molar-refractivity contribution in [3.05, 3.63) is 29.8 Å². The molecule has 2 aliphatic heterocycles. The molecule has 0 saturated carbocycles. The second kappa shape index (κ2) is 5.47. The molecule has 1 aromatic rings. The van der Waals surface area contributed by atoms with Crippen LogP contribution in [0.5, 0.6) is 0 Å². The average molecular weight is 294 g/mol. The number of piperidine rings is 1. The first-order chi connectivity index (χ1) is 9.61. The number of nitrogens with zero attached hydrogens (tertiary/aromatic N) is 1. The smallest absolute Gasteiger partial charge is 0.243 e. The van der Waals surface area contributed by atoms with Gasteiger partial charge in [0, 0.05) is 19.1 Å². The number of rotatable bonds is 3. The van der Waals surface area contributed by atoms with Crippen molar-refractivity contribution < 1.29 is 8.42 Å². The molecule has 0 aromatic heterocycles. The van der Waals surface area contributed by atoms with Gasteiger partial charge in [-0.15, -0.1) is 0 Å². The van der Waals surface area contributed by atoms with Crippen molar-refractivity contribution in [3.63, 3.8) is 0 Å². The molecular weight excluding hydrogens is 272 g/mol. The van der Waals surface area contributed by atoms with E-state index in [1.54, 1.807) is 16.4 Å². The van der Waals surface area contributed by atoms with E-state index in [0.717, 1.165) is 25.8 Å². The molecule has 0 unspecified atom stereocenters. The summed E-state index contributed by atoms with van der Waals surface area (Å²) in [6, 6.07) is 7.64. The Hall–Kier alpha value is -0.910. The molecule has 0 aliphatic carbocycles. The normalized spacial score (nSPS) is 27.4. The quantitative estimate of drug-likeness (QED) is 0.921. The number of fused-ring (bicyclic) bond motifs is 1. The van der Waals surface area contributed by atoms with Crippen LogP contribution in [0.25, 0.3) is 0 Å². The summed E-state index contributed by atoms with van der Waals surface area (Å²) in [5.74, 6) is 0.480. The molecule has 2 aliphatic rings. The lowest BCUT2D eigenvalue weighted by molar-refractivity contribution is 0.339. The molecule has 0 radical (unpaired) electrons. The maximum absolute atomic E-state index is 12.7. The van der Waals surface area contributed by atoms with E-state index < -0.39 is 10.0 Å². The Balaban J connectivity index is 1.81. The van der Waals surface area contributed by atoms with Crippen LogP contribution in [0.4, 0.5) is 0 Å². The van der Waals surface area contributed by atoms with E-state index in [1.165, 1.54) is 5.56 Å². The number of benzene rings is 1. The van der Waals surface area contributed by atoms with Gasteiger partial charge in [0.2, 0.25) is 10.0 Å². The van der Waals surface area contributed by atoms with Gasteiger partial charge in [-0.25, -0.2) is 8.42 Å². The van der Waals surface area contributed by atoms with Crippen LogP contribution in [0, 0.1) is 5.92 Å². The third-order valence-corrected chi connectivity index (χ3v) is 6.38. The molecule has 0 bridgehead atoms. The van der Waals surface area contributed by atoms with Gasteiger partial charge in [-0.3, -0.25) is 0 Å². The van der Waals surface area contributed by atoms with E-state index >= 15 is 0 Å². The minimum atomic E-state index is -3.33. The van der Waals surface area contributed by atoms with Crippen LogP contribution < -0.4 is 5.32 Å². The van der Waals surface area contributed by atoms with Crippen molar-refractivity contribution in [1.82, 2.24) is 9.62 Å². The number of hydrogen-bond donors (Lipinski definition) is 1. The van der Waals surface area contributed by atoms with Crippen molar-refractivity contribution in [2.24, 2.45) is 5.92 Å². The third kappa shape index (κ3) is 2.50. The molecule has 0 amide bonds. The molecule has 0 spiro atoms. The first-order valence-corrected chi connectivity index (χ1v) is 8.87. The van der Waals surface area contributed by atoms with E-state index in [0.29, 0.717) is 29.9 Å². The van der Waals surface area contributed by atoms with E-state index in [1.807, 2.05) is 12.1 Å². The predicted octanol–water partition coefficient (Wildman–Crippen LogP) is 1.62. The van der Waals surface area contributed by atoms with Crippen LogP contribution in [0.2, 0.25) is 0 Å². The SMILES string of the molecule is CCc1ccc(S(=O)(=O)N2C[C@@H]3CCCN[C@@H]3C2)cc1. The third-order valence-electron chi connectivity index (χ3n) is 4.54. The van der Waals surface area contributed by atoms with Gasteiger partial charge in [-0.1, -0.05) is 19.1 Å². The minimum Gasteiger partial charge on any atom is -0.312 e. The van der Waals surface area contributed by atoms with E-state index in [9.17, 15) is 8.42 Å². The van der Waals surface area contributed by atoms with Crippen molar-refractivity contribution in [1.29, 1.82) is 0 Å². The van der Waals surface area contributed by atoms with Gasteiger partial charge in [0.05, 0.1) is 4.90 Å². The molecule has 2 atom stereocenters. The molecule has 4 nitrogen and oxygen atoms in total. The first-order valence-electron chi connectivity index (χ1n) is 7.43. The lowest BCUT2D eigenvalue weighted by atomic mass is 9.94. The largest absolute Gasteiger partial charge is 0.312 e. The summed E-state index contributed by atoms with van der Waals surface area (Å²) < 4.78 is 27.0. The van der Waals surface area contributed by atoms with Gasteiger partial charge in [-0.2, -0.15) is 4.31 Å². The molecule has 3 rings (SSSR count). The van der Waals surface area contributed by atoms with Crippen molar-refractivity contribution in [2.75, 3.05) is 19.6 Å². The monoisotopic (exact) mass is 294 g/mol. The second-order valence-electron chi connectivity index (χ2n) is 5.78. The van der Waals surface area contributed by atoms with Gasteiger partial charge < -0.3 is 5.32 Å². The molecule has 110 valence electrons. The Labute approximate surface area is 121 Å². The second-order valence-corrected chi connectivity index (χ2v) is 7.72. The van der Waals surface area contributed by atoms with Crippen LogP contribution >= 0.6 is 0 Å². The first kappa shape index (κ1) is 14.0. The average Bonchev–Trinajstić information content (AvgIpc) is 2.92. The summed E-state index contributed by atoms with van der Waals surface area (Å²) >= 11 is 0. The van der Waals surface area contributed by atoms with Crippen LogP contribution in [0.3, 0.4) is 0 Å². The van der Waals surface area contributed by atoms with Gasteiger partial charge in [0.25, 0.3) is 0 Å². The number of nitrogens with one attached hydrogen (secondary N) is 1. The Kier molecular flexibility index (Phi) is 3.84. The highest BCUT2D eigenvalue weighted by Gasteiger charge is 2.40. The molecule has 1 aromatic carbocycles. The number of hydrogen-bond acceptors (Lipinski definition) is 3. The lowest BCUT2D eigenvalue weighted by Gasteiger charge is -2.24. The summed E-state index contributed by atoms with van der Waals surface area (Å²) in [5, 5.41) is 3.45. The fourth-order valence-corrected chi connectivity index (χ4v) is 4.77. The Morgan fingerprint density at radius 3 is 2.65 bits per heavy atom. The summed E-state index contributed by atoms with van der Waals surface area (Å²) in [4.78, 5) is 0.424. The summed E-state index contributed by atoms with van der Waals surface area (Å²) in [6.07, 6.45) is 3.22. The number of aryl methyl sites for hydroxylation is 1. The minimum absolute atomic E-state index is 0.341. The fourth-order valence-electron chi connectivity index (χ4n) is 3.25. The molecule has 2 heterocycles. The molecule has 20 heavy (non-hydrogen) atoms. The standard InChI is InChI=1S/C15H22N2O2S/c1-2-12-5-7-14(8-6-12)20(18,19)17-10-13-4-3-9-16-15(13)11-17/h5-8,13,15-16H,2-4,9-11H2,1H3/t13-,15+/m0/s1. The Morgan fingerprint density at radius 1 is 1.25 bits per heavy atom. The highest BCUT2D eigenvalue weighted by Crippen LogP contribution is 2.29. The lowest BCUT2D eigenvalue weighted by Crippen LogP contribution is -2.41. The van der Waals surface area contributed by atoms with Crippen molar-refractivity contribution in [3.8, 4) is 0 Å². The number of sulfonamides is 1. The Morgan fingerprint density at radius 2 is 2.00 bits per heavy atom. The zero-order valence-electron chi connectivity index (χ0n) is 11.9. The van der Waals surface area contributed by atoms with Gasteiger partial charge >= 0.3 is 0 Å². The van der Waals surface area contributed by atoms with Crippen LogP contribution in [0.1, 0.15) is 25.3 Å². The van der Waals surface area contributed by atoms with Crippen molar-refractivity contribution >= 4 is 10.0 Å². The topological polar surface area (TPSA) is 49.4 Å². The van der Waals surface area contributed by atoms with Crippen LogP contribution in [0.15, 0.2) is 29.2 Å². The molecule has 1 N–H and O–H groups in total. The van der Waals surface area contributed by atoms with Gasteiger partial charge in [0.15, 0.2) is 0 Å². The van der Waals surface area contributed by atoms with Crippen LogP contribution in [-0.2, 0) is 16.4 Å². The maximum Gasteiger partial charge on any atom is 0.243 e. The predicted molar refractivity (Wildman–Crippen MR) is 79.1 cm³/mol. The zero-order valence-corrected chi connectivity index (χ0v) is 12.7. The molecular formula is C15H22N2O2S. The maximum atomic E-state index is 12.7. The Bertz CT molecular complexity index is 554. The molecule has 2 saturated heterocycles. The van der Waals surface area contributed by atoms with E-state index in [2.05, 4.69) is 12.2 Å². The van der Waals surface area contributed by atoms with Crippen molar-refractivity contribution in [2.45, 2.75) is 37.1 Å².